The fraction of sp³-hybridized carbons (Fsp3) is 0.750. The Labute approximate surface area is 106 Å². The van der Waals surface area contributed by atoms with Gasteiger partial charge >= 0.3 is 0 Å². The monoisotopic (exact) mass is 249 g/mol. The highest BCUT2D eigenvalue weighted by molar-refractivity contribution is 5.91. The average Bonchev–Trinajstić information content (AvgIpc) is 2.77. The van der Waals surface area contributed by atoms with Crippen molar-refractivity contribution >= 4 is 5.91 Å². The van der Waals surface area contributed by atoms with Crippen LogP contribution in [0.2, 0.25) is 0 Å². The Morgan fingerprint density at radius 3 is 2.67 bits per heavy atom. The third-order valence-electron chi connectivity index (χ3n) is 4.41. The van der Waals surface area contributed by atoms with Crippen LogP contribution in [-0.4, -0.2) is 44.7 Å². The van der Waals surface area contributed by atoms with Crippen LogP contribution in [0.1, 0.15) is 35.7 Å². The van der Waals surface area contributed by atoms with E-state index in [-0.39, 0.29) is 17.4 Å². The van der Waals surface area contributed by atoms with Crippen molar-refractivity contribution in [2.75, 3.05) is 13.1 Å². The van der Waals surface area contributed by atoms with Crippen LogP contribution >= 0.6 is 0 Å². The van der Waals surface area contributed by atoms with Gasteiger partial charge in [-0.1, -0.05) is 6.42 Å². The number of nitrogens with two attached hydrogens (primary N) is 1. The molecule has 1 atom stereocenters. The summed E-state index contributed by atoms with van der Waals surface area (Å²) in [6, 6.07) is 0.115. The molecule has 1 aliphatic carbocycles. The molecular formula is C12H19N5O. The number of aromatic nitrogens is 3. The molecule has 1 aromatic heterocycles. The van der Waals surface area contributed by atoms with E-state index in [1.54, 1.807) is 18.7 Å². The number of hydrogen-bond donors (Lipinski definition) is 1. The van der Waals surface area contributed by atoms with Crippen LogP contribution in [0.4, 0.5) is 0 Å². The molecule has 98 valence electrons. The molecule has 2 N–H and O–H groups in total. The first-order valence-corrected chi connectivity index (χ1v) is 6.44. The number of rotatable bonds is 1. The van der Waals surface area contributed by atoms with Gasteiger partial charge < -0.3 is 10.6 Å². The highest BCUT2D eigenvalue weighted by Gasteiger charge is 2.50. The van der Waals surface area contributed by atoms with Gasteiger partial charge in [-0.15, -0.1) is 0 Å². The normalized spacial score (nSPS) is 25.5. The van der Waals surface area contributed by atoms with Crippen LogP contribution in [0.3, 0.4) is 0 Å². The maximum Gasteiger partial charge on any atom is 0.291 e. The quantitative estimate of drug-likeness (QED) is 0.764. The van der Waals surface area contributed by atoms with E-state index < -0.39 is 0 Å². The van der Waals surface area contributed by atoms with Gasteiger partial charge in [0.15, 0.2) is 0 Å². The van der Waals surface area contributed by atoms with Crippen molar-refractivity contribution in [3.63, 3.8) is 0 Å². The number of likely N-dealkylation sites (tertiary alicyclic amines) is 1. The number of amides is 1. The summed E-state index contributed by atoms with van der Waals surface area (Å²) in [5.41, 5.74) is 6.37. The Balaban J connectivity index is 1.80. The molecule has 1 spiro atoms. The fourth-order valence-electron chi connectivity index (χ4n) is 3.15. The van der Waals surface area contributed by atoms with Crippen LogP contribution in [0, 0.1) is 12.3 Å². The summed E-state index contributed by atoms with van der Waals surface area (Å²) in [6.45, 7) is 3.21. The summed E-state index contributed by atoms with van der Waals surface area (Å²) < 4.78 is 1.55. The van der Waals surface area contributed by atoms with Crippen molar-refractivity contribution in [1.29, 1.82) is 0 Å². The SMILES string of the molecule is Cc1nc(C(=O)N2CC(N)C3(CCC3)C2)n(C)n1. The van der Waals surface area contributed by atoms with Crippen LogP contribution in [0.15, 0.2) is 0 Å². The minimum atomic E-state index is -0.0441. The highest BCUT2D eigenvalue weighted by Crippen LogP contribution is 2.47. The maximum absolute atomic E-state index is 12.4. The van der Waals surface area contributed by atoms with Gasteiger partial charge in [0.2, 0.25) is 5.82 Å². The third kappa shape index (κ3) is 1.55. The summed E-state index contributed by atoms with van der Waals surface area (Å²) in [6.07, 6.45) is 3.53. The molecule has 1 saturated heterocycles. The highest BCUT2D eigenvalue weighted by atomic mass is 16.2. The Hall–Kier alpha value is -1.43. The zero-order valence-electron chi connectivity index (χ0n) is 10.9. The van der Waals surface area contributed by atoms with E-state index in [1.807, 2.05) is 4.90 Å². The van der Waals surface area contributed by atoms with Gasteiger partial charge in [0.25, 0.3) is 5.91 Å². The van der Waals surface area contributed by atoms with Gasteiger partial charge in [-0.05, 0) is 19.8 Å². The second-order valence-electron chi connectivity index (χ2n) is 5.61. The standard InChI is InChI=1S/C12H19N5O/c1-8-14-10(16(2)15-8)11(18)17-6-9(13)12(7-17)4-3-5-12/h9H,3-7,13H2,1-2H3. The van der Waals surface area contributed by atoms with Crippen molar-refractivity contribution in [3.8, 4) is 0 Å². The van der Waals surface area contributed by atoms with E-state index in [0.717, 1.165) is 19.4 Å². The van der Waals surface area contributed by atoms with E-state index in [0.29, 0.717) is 18.2 Å². The van der Waals surface area contributed by atoms with E-state index in [4.69, 9.17) is 5.73 Å². The molecule has 1 saturated carbocycles. The molecule has 0 radical (unpaired) electrons. The van der Waals surface area contributed by atoms with Crippen LogP contribution in [-0.2, 0) is 7.05 Å². The number of carbonyl (C=O) groups is 1. The minimum Gasteiger partial charge on any atom is -0.334 e. The summed E-state index contributed by atoms with van der Waals surface area (Å²) >= 11 is 0. The number of hydrogen-bond acceptors (Lipinski definition) is 4. The summed E-state index contributed by atoms with van der Waals surface area (Å²) in [7, 11) is 1.75. The lowest BCUT2D eigenvalue weighted by Crippen LogP contribution is -2.45. The number of carbonyl (C=O) groups excluding carboxylic acids is 1. The minimum absolute atomic E-state index is 0.0441. The smallest absolute Gasteiger partial charge is 0.291 e. The molecule has 1 unspecified atom stereocenters. The van der Waals surface area contributed by atoms with Gasteiger partial charge in [0, 0.05) is 31.6 Å². The van der Waals surface area contributed by atoms with Gasteiger partial charge in [0.1, 0.15) is 5.82 Å². The van der Waals surface area contributed by atoms with Crippen molar-refractivity contribution in [2.45, 2.75) is 32.2 Å². The fourth-order valence-corrected chi connectivity index (χ4v) is 3.15. The molecule has 1 aliphatic heterocycles. The van der Waals surface area contributed by atoms with Crippen LogP contribution in [0.5, 0.6) is 0 Å². The van der Waals surface area contributed by atoms with Crippen molar-refractivity contribution in [2.24, 2.45) is 18.2 Å². The molecule has 0 aromatic carbocycles. The molecule has 6 nitrogen and oxygen atoms in total. The topological polar surface area (TPSA) is 77.0 Å². The average molecular weight is 249 g/mol. The molecule has 1 aromatic rings. The molecule has 6 heteroatoms. The first kappa shape index (κ1) is 11.6. The van der Waals surface area contributed by atoms with Crippen molar-refractivity contribution < 1.29 is 4.79 Å². The first-order chi connectivity index (χ1) is 8.52. The first-order valence-electron chi connectivity index (χ1n) is 6.44. The molecule has 1 amide bonds. The van der Waals surface area contributed by atoms with Gasteiger partial charge in [0.05, 0.1) is 0 Å². The number of aryl methyl sites for hydroxylation is 2. The molecule has 2 fully saturated rings. The Bertz CT molecular complexity index is 491. The van der Waals surface area contributed by atoms with Crippen molar-refractivity contribution in [1.82, 2.24) is 19.7 Å². The van der Waals surface area contributed by atoms with Crippen molar-refractivity contribution in [3.05, 3.63) is 11.6 Å². The lowest BCUT2D eigenvalue weighted by atomic mass is 9.66. The van der Waals surface area contributed by atoms with Gasteiger partial charge in [-0.3, -0.25) is 4.79 Å². The summed E-state index contributed by atoms with van der Waals surface area (Å²) in [5, 5.41) is 4.12. The third-order valence-corrected chi connectivity index (χ3v) is 4.41. The molecule has 3 rings (SSSR count). The second-order valence-corrected chi connectivity index (χ2v) is 5.61. The van der Waals surface area contributed by atoms with Gasteiger partial charge in [-0.2, -0.15) is 5.10 Å². The largest absolute Gasteiger partial charge is 0.334 e. The maximum atomic E-state index is 12.4. The second kappa shape index (κ2) is 3.78. The molecule has 2 aliphatic rings. The molecule has 0 bridgehead atoms. The van der Waals surface area contributed by atoms with Crippen LogP contribution in [0.25, 0.3) is 0 Å². The zero-order valence-corrected chi connectivity index (χ0v) is 10.9. The zero-order chi connectivity index (χ0) is 12.9. The van der Waals surface area contributed by atoms with Gasteiger partial charge in [-0.25, -0.2) is 9.67 Å². The summed E-state index contributed by atoms with van der Waals surface area (Å²) in [5.74, 6) is 0.996. The van der Waals surface area contributed by atoms with E-state index >= 15 is 0 Å². The van der Waals surface area contributed by atoms with E-state index in [9.17, 15) is 4.79 Å². The van der Waals surface area contributed by atoms with E-state index in [2.05, 4.69) is 10.1 Å². The Kier molecular flexibility index (Phi) is 2.45. The lowest BCUT2D eigenvalue weighted by molar-refractivity contribution is 0.0710. The predicted molar refractivity (Wildman–Crippen MR) is 65.9 cm³/mol. The lowest BCUT2D eigenvalue weighted by Gasteiger charge is -2.41. The molecule has 18 heavy (non-hydrogen) atoms. The van der Waals surface area contributed by atoms with Crippen LogP contribution < -0.4 is 5.73 Å². The summed E-state index contributed by atoms with van der Waals surface area (Å²) in [4.78, 5) is 18.4. The predicted octanol–water partition coefficient (Wildman–Crippen LogP) is 0.0769. The number of nitrogens with zero attached hydrogens (tertiary/aromatic N) is 4. The Morgan fingerprint density at radius 2 is 2.22 bits per heavy atom. The van der Waals surface area contributed by atoms with E-state index in [1.165, 1.54) is 6.42 Å². The molecular weight excluding hydrogens is 230 g/mol. The molecule has 2 heterocycles. The Morgan fingerprint density at radius 1 is 1.50 bits per heavy atom.